The van der Waals surface area contributed by atoms with Gasteiger partial charge in [-0.2, -0.15) is 4.31 Å². The Bertz CT molecular complexity index is 587. The number of carbonyl (C=O) groups excluding carboxylic acids is 1. The zero-order valence-corrected chi connectivity index (χ0v) is 11.8. The van der Waals surface area contributed by atoms with Gasteiger partial charge in [0.05, 0.1) is 0 Å². The Kier molecular flexibility index (Phi) is 3.66. The molecule has 1 aliphatic rings. The van der Waals surface area contributed by atoms with Gasteiger partial charge < -0.3 is 15.6 Å². The van der Waals surface area contributed by atoms with Gasteiger partial charge in [-0.05, 0) is 19.0 Å². The van der Waals surface area contributed by atoms with Gasteiger partial charge in [0.25, 0.3) is 5.91 Å². The number of hydrogen-bond donors (Lipinski definition) is 2. The van der Waals surface area contributed by atoms with Crippen molar-refractivity contribution in [3.8, 4) is 0 Å². The lowest BCUT2D eigenvalue weighted by Gasteiger charge is -2.22. The van der Waals surface area contributed by atoms with Crippen LogP contribution in [0.5, 0.6) is 0 Å². The molecule has 1 amide bonds. The Morgan fingerprint density at radius 3 is 2.74 bits per heavy atom. The highest BCUT2D eigenvalue weighted by Crippen LogP contribution is 2.21. The first kappa shape index (κ1) is 14.0. The van der Waals surface area contributed by atoms with Crippen LogP contribution in [0, 0.1) is 0 Å². The van der Waals surface area contributed by atoms with Gasteiger partial charge in [0.1, 0.15) is 10.6 Å². The molecule has 2 rings (SSSR count). The van der Waals surface area contributed by atoms with Crippen molar-refractivity contribution in [1.29, 1.82) is 0 Å². The molecule has 0 radical (unpaired) electrons. The van der Waals surface area contributed by atoms with E-state index in [-0.39, 0.29) is 16.6 Å². The largest absolute Gasteiger partial charge is 0.364 e. The molecule has 0 aliphatic carbocycles. The zero-order chi connectivity index (χ0) is 14.2. The van der Waals surface area contributed by atoms with E-state index >= 15 is 0 Å². The molecule has 0 aromatic carbocycles. The molecule has 1 saturated heterocycles. The van der Waals surface area contributed by atoms with Crippen molar-refractivity contribution in [1.82, 2.24) is 14.2 Å². The first-order valence-electron chi connectivity index (χ1n) is 5.99. The highest BCUT2D eigenvalue weighted by Gasteiger charge is 2.31. The number of sulfonamides is 1. The number of primary amides is 1. The van der Waals surface area contributed by atoms with Crippen LogP contribution in [0.15, 0.2) is 17.2 Å². The summed E-state index contributed by atoms with van der Waals surface area (Å²) in [5.74, 6) is -0.644. The molecule has 3 N–H and O–H groups in total. The average Bonchev–Trinajstić information content (AvgIpc) is 2.96. The lowest BCUT2D eigenvalue weighted by atomic mass is 10.3. The molecule has 19 heavy (non-hydrogen) atoms. The van der Waals surface area contributed by atoms with E-state index in [0.717, 1.165) is 13.0 Å². The monoisotopic (exact) mass is 286 g/mol. The second-order valence-electron chi connectivity index (χ2n) is 4.70. The Morgan fingerprint density at radius 2 is 2.26 bits per heavy atom. The van der Waals surface area contributed by atoms with E-state index in [1.807, 2.05) is 0 Å². The third kappa shape index (κ3) is 2.51. The summed E-state index contributed by atoms with van der Waals surface area (Å²) < 4.78 is 27.7. The van der Waals surface area contributed by atoms with Crippen molar-refractivity contribution < 1.29 is 13.2 Å². The number of nitrogens with one attached hydrogen (secondary N) is 1. The fourth-order valence-corrected chi connectivity index (χ4v) is 3.69. The van der Waals surface area contributed by atoms with Crippen molar-refractivity contribution in [2.45, 2.75) is 17.4 Å². The molecule has 1 fully saturated rings. The second-order valence-corrected chi connectivity index (χ2v) is 6.70. The summed E-state index contributed by atoms with van der Waals surface area (Å²) in [5, 5.41) is 3.13. The van der Waals surface area contributed by atoms with Crippen LogP contribution in [0.3, 0.4) is 0 Å². The normalized spacial score (nSPS) is 20.1. The summed E-state index contributed by atoms with van der Waals surface area (Å²) in [6.07, 6.45) is 2.19. The smallest absolute Gasteiger partial charge is 0.265 e. The van der Waals surface area contributed by atoms with Gasteiger partial charge in [-0.15, -0.1) is 0 Å². The number of likely N-dealkylation sites (N-methyl/N-ethyl adjacent to an activating group) is 1. The maximum Gasteiger partial charge on any atom is 0.265 e. The number of hydrogen-bond acceptors (Lipinski definition) is 4. The van der Waals surface area contributed by atoms with Crippen molar-refractivity contribution >= 4 is 15.9 Å². The van der Waals surface area contributed by atoms with Crippen LogP contribution in [0.4, 0.5) is 0 Å². The second kappa shape index (κ2) is 4.95. The van der Waals surface area contributed by atoms with E-state index in [4.69, 9.17) is 5.73 Å². The fourth-order valence-electron chi connectivity index (χ4n) is 2.23. The van der Waals surface area contributed by atoms with E-state index < -0.39 is 15.9 Å². The molecule has 1 aromatic heterocycles. The summed E-state index contributed by atoms with van der Waals surface area (Å²) in [4.78, 5) is 11.3. The zero-order valence-electron chi connectivity index (χ0n) is 11.0. The van der Waals surface area contributed by atoms with Gasteiger partial charge >= 0.3 is 0 Å². The first-order chi connectivity index (χ1) is 8.84. The van der Waals surface area contributed by atoms with Crippen LogP contribution < -0.4 is 11.1 Å². The molecule has 0 spiro atoms. The Hall–Kier alpha value is -1.38. The molecule has 1 aromatic rings. The minimum atomic E-state index is -3.59. The van der Waals surface area contributed by atoms with Crippen molar-refractivity contribution in [2.24, 2.45) is 12.8 Å². The van der Waals surface area contributed by atoms with E-state index in [2.05, 4.69) is 5.32 Å². The van der Waals surface area contributed by atoms with Gasteiger partial charge in [0.15, 0.2) is 0 Å². The molecule has 0 bridgehead atoms. The molecule has 2 heterocycles. The van der Waals surface area contributed by atoms with Crippen LogP contribution >= 0.6 is 0 Å². The summed E-state index contributed by atoms with van der Waals surface area (Å²) in [6.45, 7) is 1.46. The van der Waals surface area contributed by atoms with E-state index in [1.54, 1.807) is 14.1 Å². The maximum absolute atomic E-state index is 12.4. The van der Waals surface area contributed by atoms with Gasteiger partial charge in [0, 0.05) is 32.9 Å². The minimum absolute atomic E-state index is 0.0535. The number of rotatable bonds is 4. The molecular formula is C11H18N4O3S. The fraction of sp³-hybridized carbons (Fsp3) is 0.545. The lowest BCUT2D eigenvalue weighted by molar-refractivity contribution is 0.0992. The Labute approximate surface area is 112 Å². The summed E-state index contributed by atoms with van der Waals surface area (Å²) in [6, 6.07) is 1.26. The maximum atomic E-state index is 12.4. The summed E-state index contributed by atoms with van der Waals surface area (Å²) in [5.41, 5.74) is 5.37. The van der Waals surface area contributed by atoms with Crippen molar-refractivity contribution in [3.63, 3.8) is 0 Å². The molecule has 7 nitrogen and oxygen atoms in total. The molecule has 106 valence electrons. The van der Waals surface area contributed by atoms with E-state index in [9.17, 15) is 13.2 Å². The Morgan fingerprint density at radius 1 is 1.58 bits per heavy atom. The van der Waals surface area contributed by atoms with Crippen LogP contribution in [-0.2, 0) is 17.1 Å². The number of aryl methyl sites for hydroxylation is 1. The molecular weight excluding hydrogens is 268 g/mol. The number of aromatic nitrogens is 1. The first-order valence-corrected chi connectivity index (χ1v) is 7.43. The predicted molar refractivity (Wildman–Crippen MR) is 70.2 cm³/mol. The summed E-state index contributed by atoms with van der Waals surface area (Å²) in [7, 11) is -0.440. The highest BCUT2D eigenvalue weighted by atomic mass is 32.2. The third-order valence-corrected chi connectivity index (χ3v) is 5.33. The third-order valence-electron chi connectivity index (χ3n) is 3.46. The topological polar surface area (TPSA) is 97.4 Å². The van der Waals surface area contributed by atoms with Crippen molar-refractivity contribution in [3.05, 3.63) is 18.0 Å². The molecule has 1 unspecified atom stereocenters. The average molecular weight is 286 g/mol. The SMILES string of the molecule is CN(C1CCNC1)S(=O)(=O)c1cc(C(N)=O)n(C)c1. The molecule has 8 heteroatoms. The highest BCUT2D eigenvalue weighted by molar-refractivity contribution is 7.89. The molecule has 1 atom stereocenters. The lowest BCUT2D eigenvalue weighted by Crippen LogP contribution is -2.38. The van der Waals surface area contributed by atoms with Gasteiger partial charge in [0.2, 0.25) is 10.0 Å². The van der Waals surface area contributed by atoms with Crippen LogP contribution in [-0.4, -0.2) is 49.4 Å². The number of amides is 1. The summed E-state index contributed by atoms with van der Waals surface area (Å²) >= 11 is 0. The Balaban J connectivity index is 2.33. The number of nitrogens with two attached hydrogens (primary N) is 1. The quantitative estimate of drug-likeness (QED) is 0.750. The molecule has 0 saturated carbocycles. The van der Waals surface area contributed by atoms with Crippen LogP contribution in [0.2, 0.25) is 0 Å². The number of nitrogens with zero attached hydrogens (tertiary/aromatic N) is 2. The van der Waals surface area contributed by atoms with Crippen LogP contribution in [0.25, 0.3) is 0 Å². The molecule has 1 aliphatic heterocycles. The van der Waals surface area contributed by atoms with Gasteiger partial charge in [-0.1, -0.05) is 0 Å². The standard InChI is InChI=1S/C11H18N4O3S/c1-14-7-9(5-10(14)11(12)16)19(17,18)15(2)8-3-4-13-6-8/h5,7-8,13H,3-4,6H2,1-2H3,(H2,12,16). The number of carbonyl (C=O) groups is 1. The van der Waals surface area contributed by atoms with Gasteiger partial charge in [-0.25, -0.2) is 8.42 Å². The predicted octanol–water partition coefficient (Wildman–Crippen LogP) is -0.894. The minimum Gasteiger partial charge on any atom is -0.364 e. The van der Waals surface area contributed by atoms with Crippen molar-refractivity contribution in [2.75, 3.05) is 20.1 Å². The van der Waals surface area contributed by atoms with Crippen LogP contribution in [0.1, 0.15) is 16.9 Å². The van der Waals surface area contributed by atoms with E-state index in [0.29, 0.717) is 6.54 Å². The van der Waals surface area contributed by atoms with E-state index in [1.165, 1.54) is 21.1 Å². The van der Waals surface area contributed by atoms with Gasteiger partial charge in [-0.3, -0.25) is 4.79 Å².